The van der Waals surface area contributed by atoms with Crippen LogP contribution in [0.5, 0.6) is 5.75 Å². The highest BCUT2D eigenvalue weighted by Gasteiger charge is 2.19. The lowest BCUT2D eigenvalue weighted by atomic mass is 10.2. The Hall–Kier alpha value is -1.29. The molecule has 4 nitrogen and oxygen atoms in total. The van der Waals surface area contributed by atoms with E-state index in [2.05, 4.69) is 22.1 Å². The zero-order valence-corrected chi connectivity index (χ0v) is 10.8. The highest BCUT2D eigenvalue weighted by Crippen LogP contribution is 2.21. The predicted molar refractivity (Wildman–Crippen MR) is 69.7 cm³/mol. The molecule has 1 fully saturated rings. The van der Waals surface area contributed by atoms with Gasteiger partial charge in [-0.3, -0.25) is 0 Å². The second-order valence-electron chi connectivity index (χ2n) is 4.76. The van der Waals surface area contributed by atoms with Crippen molar-refractivity contribution < 1.29 is 4.74 Å². The fourth-order valence-electron chi connectivity index (χ4n) is 2.08. The van der Waals surface area contributed by atoms with Gasteiger partial charge in [-0.1, -0.05) is 0 Å². The maximum atomic E-state index is 5.70. The molecule has 2 heterocycles. The van der Waals surface area contributed by atoms with Gasteiger partial charge < -0.3 is 15.0 Å². The van der Waals surface area contributed by atoms with E-state index in [0.717, 1.165) is 31.2 Å². The highest BCUT2D eigenvalue weighted by atomic mass is 16.5. The summed E-state index contributed by atoms with van der Waals surface area (Å²) in [4.78, 5) is 6.76. The lowest BCUT2D eigenvalue weighted by molar-refractivity contribution is 0.242. The molecule has 0 saturated carbocycles. The van der Waals surface area contributed by atoms with E-state index >= 15 is 0 Å². The first-order valence-electron chi connectivity index (χ1n) is 6.27. The van der Waals surface area contributed by atoms with E-state index in [4.69, 9.17) is 4.74 Å². The molecule has 0 radical (unpaired) electrons. The third-order valence-electron chi connectivity index (χ3n) is 2.88. The van der Waals surface area contributed by atoms with Crippen molar-refractivity contribution in [1.82, 2.24) is 10.3 Å². The SMILES string of the molecule is CC(C)Oc1ccnc(N2CCNCC2C)c1. The molecule has 0 aliphatic carbocycles. The zero-order chi connectivity index (χ0) is 12.3. The zero-order valence-electron chi connectivity index (χ0n) is 10.8. The van der Waals surface area contributed by atoms with Gasteiger partial charge in [0.25, 0.3) is 0 Å². The Morgan fingerprint density at radius 2 is 2.35 bits per heavy atom. The number of hydrogen-bond donors (Lipinski definition) is 1. The van der Waals surface area contributed by atoms with Crippen molar-refractivity contribution >= 4 is 5.82 Å². The van der Waals surface area contributed by atoms with Crippen LogP contribution in [0.15, 0.2) is 18.3 Å². The molecule has 1 aliphatic rings. The van der Waals surface area contributed by atoms with Crippen LogP contribution in [0.3, 0.4) is 0 Å². The molecule has 0 aromatic carbocycles. The van der Waals surface area contributed by atoms with Gasteiger partial charge in [-0.05, 0) is 26.8 Å². The molecule has 0 spiro atoms. The summed E-state index contributed by atoms with van der Waals surface area (Å²) in [6, 6.07) is 4.42. The summed E-state index contributed by atoms with van der Waals surface area (Å²) in [6.45, 7) is 9.31. The highest BCUT2D eigenvalue weighted by molar-refractivity contribution is 5.45. The summed E-state index contributed by atoms with van der Waals surface area (Å²) in [5.41, 5.74) is 0. The van der Waals surface area contributed by atoms with E-state index in [1.54, 1.807) is 0 Å². The Balaban J connectivity index is 2.14. The summed E-state index contributed by atoms with van der Waals surface area (Å²) in [5, 5.41) is 3.38. The molecule has 0 amide bonds. The average molecular weight is 235 g/mol. The smallest absolute Gasteiger partial charge is 0.132 e. The molecule has 1 atom stereocenters. The Bertz CT molecular complexity index is 367. The predicted octanol–water partition coefficient (Wildman–Crippen LogP) is 1.67. The lowest BCUT2D eigenvalue weighted by Crippen LogP contribution is -2.50. The molecule has 1 N–H and O–H groups in total. The van der Waals surface area contributed by atoms with Crippen molar-refractivity contribution in [3.05, 3.63) is 18.3 Å². The van der Waals surface area contributed by atoms with Crippen molar-refractivity contribution in [2.45, 2.75) is 32.9 Å². The summed E-state index contributed by atoms with van der Waals surface area (Å²) >= 11 is 0. The maximum absolute atomic E-state index is 5.70. The molecule has 1 unspecified atom stereocenters. The van der Waals surface area contributed by atoms with Crippen LogP contribution in [0, 0.1) is 0 Å². The quantitative estimate of drug-likeness (QED) is 0.864. The minimum Gasteiger partial charge on any atom is -0.491 e. The second-order valence-corrected chi connectivity index (χ2v) is 4.76. The van der Waals surface area contributed by atoms with Crippen LogP contribution in [0.4, 0.5) is 5.82 Å². The van der Waals surface area contributed by atoms with Crippen LogP contribution in [-0.4, -0.2) is 36.8 Å². The van der Waals surface area contributed by atoms with Crippen LogP contribution in [0.2, 0.25) is 0 Å². The lowest BCUT2D eigenvalue weighted by Gasteiger charge is -2.35. The van der Waals surface area contributed by atoms with Crippen LogP contribution in [0.25, 0.3) is 0 Å². The Labute approximate surface area is 103 Å². The van der Waals surface area contributed by atoms with Crippen molar-refractivity contribution in [2.24, 2.45) is 0 Å². The van der Waals surface area contributed by atoms with Crippen LogP contribution < -0.4 is 15.0 Å². The van der Waals surface area contributed by atoms with E-state index in [9.17, 15) is 0 Å². The van der Waals surface area contributed by atoms with E-state index in [1.807, 2.05) is 32.2 Å². The summed E-state index contributed by atoms with van der Waals surface area (Å²) in [6.07, 6.45) is 2.02. The third kappa shape index (κ3) is 3.09. The van der Waals surface area contributed by atoms with Gasteiger partial charge >= 0.3 is 0 Å². The van der Waals surface area contributed by atoms with Gasteiger partial charge in [0.15, 0.2) is 0 Å². The molecule has 17 heavy (non-hydrogen) atoms. The van der Waals surface area contributed by atoms with Crippen LogP contribution >= 0.6 is 0 Å². The van der Waals surface area contributed by atoms with Gasteiger partial charge in [0.1, 0.15) is 11.6 Å². The first kappa shape index (κ1) is 12.2. The fourth-order valence-corrected chi connectivity index (χ4v) is 2.08. The number of aromatic nitrogens is 1. The number of piperazine rings is 1. The van der Waals surface area contributed by atoms with E-state index < -0.39 is 0 Å². The second kappa shape index (κ2) is 5.36. The van der Waals surface area contributed by atoms with Gasteiger partial charge in [-0.2, -0.15) is 0 Å². The van der Waals surface area contributed by atoms with E-state index in [-0.39, 0.29) is 6.10 Å². The van der Waals surface area contributed by atoms with Gasteiger partial charge in [-0.15, -0.1) is 0 Å². The van der Waals surface area contributed by atoms with Gasteiger partial charge in [0, 0.05) is 37.9 Å². The number of ether oxygens (including phenoxy) is 1. The fraction of sp³-hybridized carbons (Fsp3) is 0.615. The summed E-state index contributed by atoms with van der Waals surface area (Å²) < 4.78 is 5.70. The number of rotatable bonds is 3. The summed E-state index contributed by atoms with van der Waals surface area (Å²) in [7, 11) is 0. The van der Waals surface area contributed by atoms with Crippen molar-refractivity contribution in [3.8, 4) is 5.75 Å². The molecular weight excluding hydrogens is 214 g/mol. The molecule has 1 saturated heterocycles. The van der Waals surface area contributed by atoms with Crippen LogP contribution in [-0.2, 0) is 0 Å². The molecule has 94 valence electrons. The normalized spacial score (nSPS) is 20.7. The third-order valence-corrected chi connectivity index (χ3v) is 2.88. The van der Waals surface area contributed by atoms with E-state index in [1.165, 1.54) is 0 Å². The largest absolute Gasteiger partial charge is 0.491 e. The Kier molecular flexibility index (Phi) is 3.84. The van der Waals surface area contributed by atoms with Crippen LogP contribution in [0.1, 0.15) is 20.8 Å². The van der Waals surface area contributed by atoms with Crippen molar-refractivity contribution in [1.29, 1.82) is 0 Å². The minimum atomic E-state index is 0.200. The van der Waals surface area contributed by atoms with E-state index in [0.29, 0.717) is 6.04 Å². The molecule has 1 aromatic rings. The van der Waals surface area contributed by atoms with Crippen molar-refractivity contribution in [2.75, 3.05) is 24.5 Å². The standard InChI is InChI=1S/C13H21N3O/c1-10(2)17-12-4-5-15-13(8-12)16-7-6-14-9-11(16)3/h4-5,8,10-11,14H,6-7,9H2,1-3H3. The number of nitrogens with zero attached hydrogens (tertiary/aromatic N) is 2. The minimum absolute atomic E-state index is 0.200. The monoisotopic (exact) mass is 235 g/mol. The number of nitrogens with one attached hydrogen (secondary N) is 1. The van der Waals surface area contributed by atoms with Crippen molar-refractivity contribution in [3.63, 3.8) is 0 Å². The first-order chi connectivity index (χ1) is 8.16. The topological polar surface area (TPSA) is 37.4 Å². The number of pyridine rings is 1. The molecular formula is C13H21N3O. The summed E-state index contributed by atoms with van der Waals surface area (Å²) in [5.74, 6) is 1.91. The molecule has 2 rings (SSSR count). The number of anilines is 1. The molecule has 4 heteroatoms. The molecule has 1 aromatic heterocycles. The average Bonchev–Trinajstić information content (AvgIpc) is 2.29. The van der Waals surface area contributed by atoms with Gasteiger partial charge in [-0.25, -0.2) is 4.98 Å². The first-order valence-corrected chi connectivity index (χ1v) is 6.27. The maximum Gasteiger partial charge on any atom is 0.132 e. The Morgan fingerprint density at radius 1 is 1.53 bits per heavy atom. The van der Waals surface area contributed by atoms with Gasteiger partial charge in [0.05, 0.1) is 6.10 Å². The molecule has 1 aliphatic heterocycles. The number of hydrogen-bond acceptors (Lipinski definition) is 4. The Morgan fingerprint density at radius 3 is 3.06 bits per heavy atom. The molecule has 0 bridgehead atoms. The van der Waals surface area contributed by atoms with Gasteiger partial charge in [0.2, 0.25) is 0 Å².